The van der Waals surface area contributed by atoms with E-state index in [1.807, 2.05) is 0 Å². The number of thioether (sulfide) groups is 1. The van der Waals surface area contributed by atoms with Crippen molar-refractivity contribution >= 4 is 69.1 Å². The van der Waals surface area contributed by atoms with Gasteiger partial charge in [-0.15, -0.1) is 0 Å². The molecular weight excluding hydrogens is 1000 g/mol. The maximum absolute atomic E-state index is 12.7. The summed E-state index contributed by atoms with van der Waals surface area (Å²) >= 11 is 1.10. The first-order chi connectivity index (χ1) is 32.3. The molecule has 2 aliphatic heterocycles. The lowest BCUT2D eigenvalue weighted by Gasteiger charge is -2.35. The van der Waals surface area contributed by atoms with Crippen LogP contribution in [0.3, 0.4) is 0 Å². The molecule has 2 aromatic heterocycles. The number of nitrogens with zero attached hydrogens (tertiary/aromatic N) is 4. The van der Waals surface area contributed by atoms with Crippen molar-refractivity contribution in [3.8, 4) is 0 Å². The van der Waals surface area contributed by atoms with Gasteiger partial charge in [-0.2, -0.15) is 4.31 Å². The van der Waals surface area contributed by atoms with Crippen LogP contribution in [0.15, 0.2) is 12.7 Å². The number of anilines is 1. The number of fused-ring (bicyclic) bond motifs is 1. The largest absolute Gasteiger partial charge is 0.481 e. The van der Waals surface area contributed by atoms with Gasteiger partial charge in [0, 0.05) is 50.1 Å². The normalized spacial score (nSPS) is 25.5. The van der Waals surface area contributed by atoms with E-state index in [4.69, 9.17) is 29.0 Å². The molecule has 32 heteroatoms. The van der Waals surface area contributed by atoms with Crippen molar-refractivity contribution in [3.05, 3.63) is 12.7 Å². The maximum Gasteiger partial charge on any atom is 0.481 e. The van der Waals surface area contributed by atoms with Crippen LogP contribution in [-0.2, 0) is 60.2 Å². The molecule has 394 valence electrons. The van der Waals surface area contributed by atoms with Gasteiger partial charge in [0.1, 0.15) is 42.4 Å². The van der Waals surface area contributed by atoms with Crippen LogP contribution >= 0.6 is 35.2 Å². The fourth-order valence-corrected chi connectivity index (χ4v) is 10.5. The van der Waals surface area contributed by atoms with Crippen LogP contribution in [0.25, 0.3) is 11.2 Å². The average Bonchev–Trinajstić information content (AvgIpc) is 3.82. The lowest BCUT2D eigenvalue weighted by atomic mass is 9.87. The second-order valence-corrected chi connectivity index (χ2v) is 22.4. The van der Waals surface area contributed by atoms with Gasteiger partial charge in [-0.05, 0) is 19.8 Å². The second kappa shape index (κ2) is 26.9. The minimum Gasteiger partial charge on any atom is -0.390 e. The number of aliphatic hydroxyl groups is 4. The van der Waals surface area contributed by atoms with Crippen molar-refractivity contribution in [1.82, 2.24) is 30.2 Å². The predicted octanol–water partition coefficient (Wildman–Crippen LogP) is 0.659. The summed E-state index contributed by atoms with van der Waals surface area (Å²) in [5.41, 5.74) is 4.25. The maximum atomic E-state index is 12.7. The lowest BCUT2D eigenvalue weighted by Crippen LogP contribution is -2.47. The molecule has 2 amide bonds. The van der Waals surface area contributed by atoms with Gasteiger partial charge in [0.15, 0.2) is 29.1 Å². The third-order valence-corrected chi connectivity index (χ3v) is 14.8. The first-order valence-electron chi connectivity index (χ1n) is 22.0. The fourth-order valence-electron chi connectivity index (χ4n) is 6.92. The van der Waals surface area contributed by atoms with E-state index in [0.717, 1.165) is 73.9 Å². The van der Waals surface area contributed by atoms with Crippen molar-refractivity contribution < 1.29 is 100 Å². The Balaban J connectivity index is 1.06. The van der Waals surface area contributed by atoms with Crippen LogP contribution in [-0.4, -0.2) is 164 Å². The van der Waals surface area contributed by atoms with Crippen LogP contribution < -0.4 is 16.4 Å². The molecule has 0 spiro atoms. The molecule has 0 aliphatic carbocycles. The molecule has 0 saturated carbocycles. The highest BCUT2D eigenvalue weighted by Crippen LogP contribution is 2.61. The van der Waals surface area contributed by atoms with Gasteiger partial charge in [-0.1, -0.05) is 57.7 Å². The monoisotopic (exact) mass is 1070 g/mol. The summed E-state index contributed by atoms with van der Waals surface area (Å²) in [5.74, 6) is -1.13. The molecule has 11 atom stereocenters. The number of nitrogen functional groups attached to an aromatic ring is 1. The van der Waals surface area contributed by atoms with E-state index >= 15 is 0 Å². The number of imidazole rings is 1. The first-order valence-corrected chi connectivity index (χ1v) is 27.5. The van der Waals surface area contributed by atoms with E-state index in [-0.39, 0.29) is 54.1 Å². The summed E-state index contributed by atoms with van der Waals surface area (Å²) in [7, 11) is -16.4. The number of phosphoric acid groups is 3. The van der Waals surface area contributed by atoms with Gasteiger partial charge in [-0.25, -0.2) is 28.6 Å². The van der Waals surface area contributed by atoms with Crippen molar-refractivity contribution in [2.75, 3.05) is 44.4 Å². The first kappa shape index (κ1) is 59.0. The Morgan fingerprint density at radius 2 is 1.58 bits per heavy atom. The number of unbranched alkanes of at least 4 members (excludes halogenated alkanes) is 6. The molecule has 0 radical (unpaired) electrons. The van der Waals surface area contributed by atoms with E-state index in [2.05, 4.69) is 34.4 Å². The number of aromatic nitrogens is 4. The Morgan fingerprint density at radius 1 is 0.913 bits per heavy atom. The van der Waals surface area contributed by atoms with E-state index in [1.54, 1.807) is 6.92 Å². The number of hydrogen-bond acceptors (Lipinski definition) is 22. The van der Waals surface area contributed by atoms with E-state index in [0.29, 0.717) is 18.8 Å². The van der Waals surface area contributed by atoms with E-state index < -0.39 is 103 Å². The molecule has 0 bridgehead atoms. The van der Waals surface area contributed by atoms with Gasteiger partial charge >= 0.3 is 23.5 Å². The number of carbonyl (C=O) groups excluding carboxylic acids is 3. The highest BCUT2D eigenvalue weighted by Gasteiger charge is 2.50. The average molecular weight is 1070 g/mol. The van der Waals surface area contributed by atoms with Crippen LogP contribution in [0.5, 0.6) is 0 Å². The summed E-state index contributed by atoms with van der Waals surface area (Å²) < 4.78 is 73.5. The number of nitrogens with one attached hydrogen (secondary N) is 2. The zero-order valence-electron chi connectivity index (χ0n) is 38.2. The number of nitrogens with two attached hydrogens (primary N) is 1. The highest BCUT2D eigenvalue weighted by atomic mass is 32.2. The Hall–Kier alpha value is -2.60. The number of hydrogen-bond donors (Lipinski definition) is 11. The lowest BCUT2D eigenvalue weighted by molar-refractivity contribution is -0.261. The van der Waals surface area contributed by atoms with Crippen molar-refractivity contribution in [2.24, 2.45) is 5.41 Å². The van der Waals surface area contributed by atoms with Crippen LogP contribution in [0.4, 0.5) is 5.82 Å². The van der Waals surface area contributed by atoms with Gasteiger partial charge in [-0.3, -0.25) is 32.5 Å². The number of ether oxygens (including phenoxy) is 3. The minimum absolute atomic E-state index is 0.00675. The smallest absolute Gasteiger partial charge is 0.390 e. The second-order valence-electron chi connectivity index (χ2n) is 17.0. The number of amides is 2. The summed E-state index contributed by atoms with van der Waals surface area (Å²) in [6.07, 6.45) is -2.55. The van der Waals surface area contributed by atoms with Crippen LogP contribution in [0.1, 0.15) is 91.2 Å². The molecule has 2 aromatic rings. The quantitative estimate of drug-likeness (QED) is 0.0378. The Bertz CT molecular complexity index is 2140. The van der Waals surface area contributed by atoms with Crippen molar-refractivity contribution in [3.63, 3.8) is 0 Å². The Kier molecular flexibility index (Phi) is 23.0. The van der Waals surface area contributed by atoms with Crippen molar-refractivity contribution in [2.45, 2.75) is 140 Å². The predicted molar refractivity (Wildman–Crippen MR) is 241 cm³/mol. The summed E-state index contributed by atoms with van der Waals surface area (Å²) in [6.45, 7) is 2.65. The summed E-state index contributed by atoms with van der Waals surface area (Å²) in [4.78, 5) is 88.4. The SMILES string of the molecule is C[C@@H]1O[C@@H](OCCCCCCCCCC(=O)SCCNC(=O)CCNC(=O)[C@H](O)C(C)(C)COP(=O)(O)OP(=O)(O)OC[C@H]2O[C@@H](n3cnc4c(N)ncnc43)[C@H](O)[C@@H]2OP(=O)(O)O)[C@H](O)C[C@H]1O. The molecule has 4 heterocycles. The molecule has 12 N–H and O–H groups in total. The number of carbonyl (C=O) groups is 3. The number of rotatable bonds is 30. The standard InChI is InChI=1S/C37H64N7O21P3S/c1-22-23(45)17-24(46)36(62-22)59-15-10-8-6-4-5-7-9-11-27(48)69-16-14-39-26(47)12-13-40-34(51)31(50)37(2,3)19-61-68(57,58)65-67(55,56)60-18-25-30(64-66(52,53)54)29(49)35(63-25)44-21-43-28-32(38)41-20-42-33(28)44/h20-25,29-31,35-36,45-46,49-50H,4-19H2,1-3H3,(H,39,47)(H,40,51)(H,55,56)(H,57,58)(H2,38,41,42)(H2,52,53,54)/t22-,23+,24+,25+,29+,30+,31-,35+,36+/m0/s1. The molecule has 69 heavy (non-hydrogen) atoms. The summed E-state index contributed by atoms with van der Waals surface area (Å²) in [6, 6.07) is 0. The summed E-state index contributed by atoms with van der Waals surface area (Å²) in [5, 5.41) is 46.3. The van der Waals surface area contributed by atoms with Gasteiger partial charge < -0.3 is 70.6 Å². The highest BCUT2D eigenvalue weighted by molar-refractivity contribution is 8.13. The van der Waals surface area contributed by atoms with E-state index in [9.17, 15) is 68.1 Å². The molecule has 0 aromatic carbocycles. The molecule has 2 fully saturated rings. The zero-order chi connectivity index (χ0) is 51.2. The van der Waals surface area contributed by atoms with Crippen LogP contribution in [0, 0.1) is 5.41 Å². The third kappa shape index (κ3) is 19.4. The van der Waals surface area contributed by atoms with Gasteiger partial charge in [0.2, 0.25) is 11.8 Å². The number of phosphoric ester groups is 3. The molecule has 4 rings (SSSR count). The van der Waals surface area contributed by atoms with Gasteiger partial charge in [0.05, 0.1) is 31.7 Å². The van der Waals surface area contributed by atoms with Crippen molar-refractivity contribution in [1.29, 1.82) is 0 Å². The number of aliphatic hydroxyl groups excluding tert-OH is 4. The fraction of sp³-hybridized carbons (Fsp3) is 0.784. The Morgan fingerprint density at radius 3 is 2.28 bits per heavy atom. The molecular formula is C37H64N7O21P3S. The molecule has 2 aliphatic rings. The molecule has 28 nitrogen and oxygen atoms in total. The third-order valence-electron chi connectivity index (χ3n) is 10.8. The van der Waals surface area contributed by atoms with E-state index in [1.165, 1.54) is 13.8 Å². The Labute approximate surface area is 401 Å². The van der Waals surface area contributed by atoms with Crippen LogP contribution in [0.2, 0.25) is 0 Å². The zero-order valence-corrected chi connectivity index (χ0v) is 41.7. The van der Waals surface area contributed by atoms with Gasteiger partial charge in [0.25, 0.3) is 0 Å². The minimum atomic E-state index is -5.59. The molecule has 2 saturated heterocycles. The molecule has 2 unspecified atom stereocenters. The topological polar surface area (TPSA) is 423 Å².